The number of benzene rings is 1. The molecule has 1 aromatic carbocycles. The summed E-state index contributed by atoms with van der Waals surface area (Å²) in [6, 6.07) is 7.21. The Morgan fingerprint density at radius 3 is 2.85 bits per heavy atom. The first kappa shape index (κ1) is 17.4. The minimum absolute atomic E-state index is 0.0192. The van der Waals surface area contributed by atoms with Crippen molar-refractivity contribution >= 4 is 22.9 Å². The van der Waals surface area contributed by atoms with Gasteiger partial charge in [0.05, 0.1) is 16.3 Å². The number of carbonyl (C=O) groups is 1. The summed E-state index contributed by atoms with van der Waals surface area (Å²) in [6.45, 7) is 3.90. The lowest BCUT2D eigenvalue weighted by Gasteiger charge is -2.09. The molecule has 0 radical (unpaired) electrons. The maximum atomic E-state index is 12.9. The Bertz CT molecular complexity index is 1010. The number of imidazole rings is 1. The number of rotatable bonds is 5. The van der Waals surface area contributed by atoms with Crippen LogP contribution in [-0.2, 0) is 6.42 Å². The smallest absolute Gasteiger partial charge is 0.274 e. The fourth-order valence-corrected chi connectivity index (χ4v) is 2.82. The van der Waals surface area contributed by atoms with Gasteiger partial charge in [0.2, 0.25) is 0 Å². The summed E-state index contributed by atoms with van der Waals surface area (Å²) in [6.07, 6.45) is 3.17. The maximum Gasteiger partial charge on any atom is 0.274 e. The Hall–Kier alpha value is -3.42. The van der Waals surface area contributed by atoms with Crippen molar-refractivity contribution in [1.29, 1.82) is 0 Å². The molecule has 3 rings (SSSR count). The molecular formula is C18H18N4O4. The number of aromatic nitrogens is 2. The average molecular weight is 354 g/mol. The third-order valence-electron chi connectivity index (χ3n) is 4.06. The van der Waals surface area contributed by atoms with Crippen LogP contribution < -0.4 is 5.32 Å². The first-order valence-electron chi connectivity index (χ1n) is 8.17. The second kappa shape index (κ2) is 6.83. The summed E-state index contributed by atoms with van der Waals surface area (Å²) < 4.78 is 1.70. The second-order valence-electron chi connectivity index (χ2n) is 5.95. The van der Waals surface area contributed by atoms with Crippen LogP contribution in [-0.4, -0.2) is 25.3 Å². The molecule has 0 bridgehead atoms. The number of aromatic hydroxyl groups is 1. The topological polar surface area (TPSA) is 110 Å². The van der Waals surface area contributed by atoms with E-state index in [-0.39, 0.29) is 17.1 Å². The van der Waals surface area contributed by atoms with Crippen LogP contribution in [0.15, 0.2) is 36.5 Å². The molecule has 2 heterocycles. The molecule has 0 fully saturated rings. The van der Waals surface area contributed by atoms with E-state index in [1.54, 1.807) is 10.6 Å². The van der Waals surface area contributed by atoms with E-state index in [0.717, 1.165) is 18.1 Å². The number of anilines is 1. The molecule has 0 atom stereocenters. The van der Waals surface area contributed by atoms with Gasteiger partial charge in [0.25, 0.3) is 11.6 Å². The van der Waals surface area contributed by atoms with Crippen molar-refractivity contribution < 1.29 is 14.8 Å². The van der Waals surface area contributed by atoms with Gasteiger partial charge in [-0.2, -0.15) is 0 Å². The Kier molecular flexibility index (Phi) is 4.57. The number of carbonyl (C=O) groups excluding carboxylic acids is 1. The van der Waals surface area contributed by atoms with Gasteiger partial charge in [0.1, 0.15) is 17.1 Å². The van der Waals surface area contributed by atoms with Gasteiger partial charge < -0.3 is 10.4 Å². The van der Waals surface area contributed by atoms with E-state index < -0.39 is 10.8 Å². The number of pyridine rings is 1. The molecule has 0 saturated heterocycles. The van der Waals surface area contributed by atoms with E-state index in [2.05, 4.69) is 10.3 Å². The number of hydrogen-bond donors (Lipinski definition) is 2. The van der Waals surface area contributed by atoms with Crippen molar-refractivity contribution in [2.75, 3.05) is 5.32 Å². The first-order chi connectivity index (χ1) is 12.4. The largest absolute Gasteiger partial charge is 0.506 e. The second-order valence-corrected chi connectivity index (χ2v) is 5.95. The van der Waals surface area contributed by atoms with Crippen LogP contribution in [0.5, 0.6) is 5.75 Å². The van der Waals surface area contributed by atoms with Gasteiger partial charge in [-0.3, -0.25) is 19.3 Å². The highest BCUT2D eigenvalue weighted by Gasteiger charge is 2.21. The fraction of sp³-hybridized carbons (Fsp3) is 0.222. The molecule has 0 unspecified atom stereocenters. The van der Waals surface area contributed by atoms with Crippen molar-refractivity contribution in [3.63, 3.8) is 0 Å². The van der Waals surface area contributed by atoms with Crippen LogP contribution in [0.2, 0.25) is 0 Å². The monoisotopic (exact) mass is 354 g/mol. The summed E-state index contributed by atoms with van der Waals surface area (Å²) in [5.41, 5.74) is 2.38. The fourth-order valence-electron chi connectivity index (χ4n) is 2.82. The van der Waals surface area contributed by atoms with Gasteiger partial charge in [0.15, 0.2) is 0 Å². The Balaban J connectivity index is 2.05. The number of phenolic OH excluding ortho intramolecular Hbond substituents is 1. The van der Waals surface area contributed by atoms with E-state index in [1.807, 2.05) is 26.0 Å². The zero-order chi connectivity index (χ0) is 18.8. The van der Waals surface area contributed by atoms with Crippen LogP contribution in [0.3, 0.4) is 0 Å². The van der Waals surface area contributed by atoms with Gasteiger partial charge in [-0.15, -0.1) is 0 Å². The molecule has 0 spiro atoms. The first-order valence-corrected chi connectivity index (χ1v) is 8.17. The van der Waals surface area contributed by atoms with Crippen molar-refractivity contribution in [2.24, 2.45) is 0 Å². The molecule has 1 amide bonds. The molecule has 26 heavy (non-hydrogen) atoms. The summed E-state index contributed by atoms with van der Waals surface area (Å²) >= 11 is 0. The van der Waals surface area contributed by atoms with Crippen LogP contribution in [0.1, 0.15) is 35.1 Å². The van der Waals surface area contributed by atoms with Crippen LogP contribution in [0, 0.1) is 17.0 Å². The number of hydrogen-bond acceptors (Lipinski definition) is 5. The number of fused-ring (bicyclic) bond motifs is 1. The van der Waals surface area contributed by atoms with Gasteiger partial charge in [-0.1, -0.05) is 19.4 Å². The summed E-state index contributed by atoms with van der Waals surface area (Å²) in [5, 5.41) is 23.4. The van der Waals surface area contributed by atoms with Crippen LogP contribution in [0.25, 0.3) is 5.65 Å². The zero-order valence-electron chi connectivity index (χ0n) is 14.4. The quantitative estimate of drug-likeness (QED) is 0.414. The Morgan fingerprint density at radius 2 is 2.15 bits per heavy atom. The summed E-state index contributed by atoms with van der Waals surface area (Å²) in [4.78, 5) is 27.8. The number of phenols is 1. The van der Waals surface area contributed by atoms with E-state index >= 15 is 0 Å². The highest BCUT2D eigenvalue weighted by Crippen LogP contribution is 2.29. The van der Waals surface area contributed by atoms with E-state index in [1.165, 1.54) is 12.1 Å². The highest BCUT2D eigenvalue weighted by molar-refractivity contribution is 6.05. The predicted octanol–water partition coefficient (Wildman–Crippen LogP) is 3.46. The van der Waals surface area contributed by atoms with Gasteiger partial charge >= 0.3 is 0 Å². The molecule has 0 aliphatic rings. The van der Waals surface area contributed by atoms with Gasteiger partial charge in [-0.05, 0) is 31.0 Å². The maximum absolute atomic E-state index is 12.9. The molecule has 8 nitrogen and oxygen atoms in total. The van der Waals surface area contributed by atoms with E-state index in [0.29, 0.717) is 23.5 Å². The minimum Gasteiger partial charge on any atom is -0.506 e. The highest BCUT2D eigenvalue weighted by atomic mass is 16.6. The van der Waals surface area contributed by atoms with Crippen molar-refractivity contribution in [3.05, 3.63) is 63.6 Å². The molecular weight excluding hydrogens is 336 g/mol. The number of nitrogens with one attached hydrogen (secondary N) is 1. The summed E-state index contributed by atoms with van der Waals surface area (Å²) in [7, 11) is 0. The number of aryl methyl sites for hydroxylation is 2. The van der Waals surface area contributed by atoms with Crippen LogP contribution in [0.4, 0.5) is 11.4 Å². The van der Waals surface area contributed by atoms with E-state index in [4.69, 9.17) is 0 Å². The van der Waals surface area contributed by atoms with E-state index in [9.17, 15) is 20.0 Å². The zero-order valence-corrected chi connectivity index (χ0v) is 14.4. The van der Waals surface area contributed by atoms with Crippen molar-refractivity contribution in [1.82, 2.24) is 9.38 Å². The minimum atomic E-state index is -0.588. The SMILES string of the molecule is CCCc1nc2c(C)cccn2c1C(=O)Nc1cc([N+](=O)[O-])ccc1O. The third-order valence-corrected chi connectivity index (χ3v) is 4.06. The van der Waals surface area contributed by atoms with Crippen molar-refractivity contribution in [3.8, 4) is 5.75 Å². The van der Waals surface area contributed by atoms with Gasteiger partial charge in [-0.25, -0.2) is 4.98 Å². The number of nitro benzene ring substituents is 1. The van der Waals surface area contributed by atoms with Gasteiger partial charge in [0, 0.05) is 18.3 Å². The lowest BCUT2D eigenvalue weighted by atomic mass is 10.2. The Labute approximate surface area is 149 Å². The lowest BCUT2D eigenvalue weighted by Crippen LogP contribution is -2.16. The normalized spacial score (nSPS) is 10.8. The molecule has 134 valence electrons. The molecule has 0 aliphatic carbocycles. The number of amides is 1. The predicted molar refractivity (Wildman–Crippen MR) is 96.6 cm³/mol. The molecule has 8 heteroatoms. The molecule has 2 N–H and O–H groups in total. The number of non-ortho nitro benzene ring substituents is 1. The molecule has 2 aromatic heterocycles. The standard InChI is InChI=1S/C18H18N4O4/c1-3-5-13-16(21-9-4-6-11(2)17(21)19-13)18(24)20-14-10-12(22(25)26)7-8-15(14)23/h4,6-10,23H,3,5H2,1-2H3,(H,20,24). The molecule has 0 aliphatic heterocycles. The molecule has 0 saturated carbocycles. The average Bonchev–Trinajstić information content (AvgIpc) is 2.96. The lowest BCUT2D eigenvalue weighted by molar-refractivity contribution is -0.384. The van der Waals surface area contributed by atoms with Crippen molar-refractivity contribution in [2.45, 2.75) is 26.7 Å². The number of nitro groups is 1. The Morgan fingerprint density at radius 1 is 1.38 bits per heavy atom. The molecule has 3 aromatic rings. The van der Waals surface area contributed by atoms with Crippen LogP contribution >= 0.6 is 0 Å². The summed E-state index contributed by atoms with van der Waals surface area (Å²) in [5.74, 6) is -0.728. The number of nitrogens with zero attached hydrogens (tertiary/aromatic N) is 3. The third kappa shape index (κ3) is 3.08.